The summed E-state index contributed by atoms with van der Waals surface area (Å²) < 4.78 is 10.5. The molecule has 1 aromatic carbocycles. The van der Waals surface area contributed by atoms with E-state index in [1.807, 2.05) is 6.92 Å². The highest BCUT2D eigenvalue weighted by atomic mass is 16.5. The summed E-state index contributed by atoms with van der Waals surface area (Å²) in [5.41, 5.74) is 1.73. The zero-order chi connectivity index (χ0) is 21.0. The first-order chi connectivity index (χ1) is 13.2. The van der Waals surface area contributed by atoms with Crippen molar-refractivity contribution in [2.75, 3.05) is 34.4 Å². The van der Waals surface area contributed by atoms with E-state index < -0.39 is 30.3 Å². The number of aryl methyl sites for hydroxylation is 1. The number of ether oxygens (including phenoxy) is 2. The SMILES string of the molecule is CCCN1C(=O)C(=O)N(CC(=O)N(C)Cc2cc(OC)c(OC)cc2C)C1=O. The molecule has 1 saturated heterocycles. The first-order valence-corrected chi connectivity index (χ1v) is 8.87. The number of likely N-dealkylation sites (N-methyl/N-ethyl adjacent to an activating group) is 1. The molecule has 1 aliphatic heterocycles. The summed E-state index contributed by atoms with van der Waals surface area (Å²) in [5.74, 6) is -1.20. The van der Waals surface area contributed by atoms with Gasteiger partial charge in [0.2, 0.25) is 5.91 Å². The van der Waals surface area contributed by atoms with Crippen molar-refractivity contribution in [3.8, 4) is 11.5 Å². The Bertz CT molecular complexity index is 807. The van der Waals surface area contributed by atoms with E-state index in [2.05, 4.69) is 0 Å². The Morgan fingerprint density at radius 2 is 1.61 bits per heavy atom. The van der Waals surface area contributed by atoms with Gasteiger partial charge in [-0.25, -0.2) is 9.69 Å². The van der Waals surface area contributed by atoms with Gasteiger partial charge in [0.15, 0.2) is 11.5 Å². The molecule has 28 heavy (non-hydrogen) atoms. The maximum Gasteiger partial charge on any atom is 0.334 e. The molecule has 0 N–H and O–H groups in total. The minimum absolute atomic E-state index is 0.148. The van der Waals surface area contributed by atoms with E-state index >= 15 is 0 Å². The second kappa shape index (κ2) is 8.73. The molecule has 9 heteroatoms. The van der Waals surface area contributed by atoms with Crippen LogP contribution in [0.2, 0.25) is 0 Å². The normalized spacial score (nSPS) is 14.0. The summed E-state index contributed by atoms with van der Waals surface area (Å²) >= 11 is 0. The molecule has 9 nitrogen and oxygen atoms in total. The molecule has 0 spiro atoms. The second-order valence-corrected chi connectivity index (χ2v) is 6.51. The maximum absolute atomic E-state index is 12.5. The zero-order valence-electron chi connectivity index (χ0n) is 16.8. The van der Waals surface area contributed by atoms with E-state index in [1.165, 1.54) is 12.0 Å². The lowest BCUT2D eigenvalue weighted by atomic mass is 10.1. The summed E-state index contributed by atoms with van der Waals surface area (Å²) in [7, 11) is 4.63. The third-order valence-corrected chi connectivity index (χ3v) is 4.55. The van der Waals surface area contributed by atoms with Crippen molar-refractivity contribution < 1.29 is 28.7 Å². The number of hydrogen-bond acceptors (Lipinski definition) is 6. The van der Waals surface area contributed by atoms with Crippen molar-refractivity contribution in [3.63, 3.8) is 0 Å². The average Bonchev–Trinajstić information content (AvgIpc) is 2.87. The predicted molar refractivity (Wildman–Crippen MR) is 99.9 cm³/mol. The molecule has 152 valence electrons. The lowest BCUT2D eigenvalue weighted by Crippen LogP contribution is -2.42. The van der Waals surface area contributed by atoms with Gasteiger partial charge in [0.1, 0.15) is 6.54 Å². The molecule has 0 unspecified atom stereocenters. The van der Waals surface area contributed by atoms with Gasteiger partial charge in [-0.15, -0.1) is 0 Å². The molecule has 0 bridgehead atoms. The predicted octanol–water partition coefficient (Wildman–Crippen LogP) is 1.17. The summed E-state index contributed by atoms with van der Waals surface area (Å²) in [6.07, 6.45) is 0.533. The topological polar surface area (TPSA) is 96.5 Å². The van der Waals surface area contributed by atoms with Crippen molar-refractivity contribution in [2.24, 2.45) is 0 Å². The van der Waals surface area contributed by atoms with Crippen molar-refractivity contribution in [1.82, 2.24) is 14.7 Å². The van der Waals surface area contributed by atoms with E-state index in [0.29, 0.717) is 22.8 Å². The molecule has 1 aromatic rings. The van der Waals surface area contributed by atoms with Gasteiger partial charge in [0, 0.05) is 20.1 Å². The Hall–Kier alpha value is -3.10. The molecule has 0 radical (unpaired) electrons. The smallest absolute Gasteiger partial charge is 0.334 e. The number of benzene rings is 1. The van der Waals surface area contributed by atoms with Crippen LogP contribution in [0, 0.1) is 6.92 Å². The van der Waals surface area contributed by atoms with Crippen molar-refractivity contribution in [1.29, 1.82) is 0 Å². The molecule has 0 saturated carbocycles. The van der Waals surface area contributed by atoms with E-state index in [-0.39, 0.29) is 13.1 Å². The third-order valence-electron chi connectivity index (χ3n) is 4.55. The number of amides is 5. The van der Waals surface area contributed by atoms with E-state index in [0.717, 1.165) is 16.0 Å². The second-order valence-electron chi connectivity index (χ2n) is 6.51. The zero-order valence-corrected chi connectivity index (χ0v) is 16.8. The van der Waals surface area contributed by atoms with Crippen LogP contribution in [-0.4, -0.2) is 72.8 Å². The fourth-order valence-electron chi connectivity index (χ4n) is 2.90. The molecule has 1 heterocycles. The summed E-state index contributed by atoms with van der Waals surface area (Å²) in [5, 5.41) is 0. The molecule has 0 aromatic heterocycles. The monoisotopic (exact) mass is 391 g/mol. The number of hydrogen-bond donors (Lipinski definition) is 0. The molecule has 1 fully saturated rings. The van der Waals surface area contributed by atoms with Gasteiger partial charge in [0.05, 0.1) is 14.2 Å². The molecular formula is C19H25N3O6. The number of methoxy groups -OCH3 is 2. The molecular weight excluding hydrogens is 366 g/mol. The molecule has 0 atom stereocenters. The minimum atomic E-state index is -0.970. The average molecular weight is 391 g/mol. The Labute approximate surface area is 163 Å². The van der Waals surface area contributed by atoms with Gasteiger partial charge < -0.3 is 14.4 Å². The Morgan fingerprint density at radius 1 is 1.04 bits per heavy atom. The quantitative estimate of drug-likeness (QED) is 0.488. The van der Waals surface area contributed by atoms with Crippen molar-refractivity contribution in [2.45, 2.75) is 26.8 Å². The standard InChI is InChI=1S/C19H25N3O6/c1-6-7-21-17(24)18(25)22(19(21)26)11-16(23)20(3)10-13-9-15(28-5)14(27-4)8-12(13)2/h8-9H,6-7,10-11H2,1-5H3. The Morgan fingerprint density at radius 3 is 2.18 bits per heavy atom. The highest BCUT2D eigenvalue weighted by molar-refractivity contribution is 6.45. The van der Waals surface area contributed by atoms with Crippen molar-refractivity contribution in [3.05, 3.63) is 23.3 Å². The number of nitrogens with zero attached hydrogens (tertiary/aromatic N) is 3. The largest absolute Gasteiger partial charge is 0.493 e. The Kier molecular flexibility index (Phi) is 6.61. The summed E-state index contributed by atoms with van der Waals surface area (Å²) in [4.78, 5) is 51.7. The van der Waals surface area contributed by atoms with Crippen LogP contribution in [0.3, 0.4) is 0 Å². The van der Waals surface area contributed by atoms with Gasteiger partial charge in [-0.05, 0) is 36.6 Å². The number of urea groups is 1. The van der Waals surface area contributed by atoms with E-state index in [9.17, 15) is 19.2 Å². The minimum Gasteiger partial charge on any atom is -0.493 e. The van der Waals surface area contributed by atoms with Gasteiger partial charge in [-0.2, -0.15) is 0 Å². The van der Waals surface area contributed by atoms with Gasteiger partial charge in [-0.1, -0.05) is 6.92 Å². The van der Waals surface area contributed by atoms with Crippen LogP contribution in [0.1, 0.15) is 24.5 Å². The lowest BCUT2D eigenvalue weighted by molar-refractivity contribution is -0.144. The van der Waals surface area contributed by atoms with E-state index in [4.69, 9.17) is 9.47 Å². The van der Waals surface area contributed by atoms with Crippen LogP contribution >= 0.6 is 0 Å². The third kappa shape index (κ3) is 4.08. The van der Waals surface area contributed by atoms with Crippen LogP contribution in [0.15, 0.2) is 12.1 Å². The highest BCUT2D eigenvalue weighted by Gasteiger charge is 2.44. The van der Waals surface area contributed by atoms with Gasteiger partial charge in [0.25, 0.3) is 0 Å². The summed E-state index contributed by atoms with van der Waals surface area (Å²) in [6, 6.07) is 2.83. The Balaban J connectivity index is 2.11. The van der Waals surface area contributed by atoms with Crippen LogP contribution in [-0.2, 0) is 20.9 Å². The lowest BCUT2D eigenvalue weighted by Gasteiger charge is -2.22. The van der Waals surface area contributed by atoms with Gasteiger partial charge in [-0.3, -0.25) is 19.3 Å². The molecule has 0 aliphatic carbocycles. The molecule has 5 amide bonds. The number of rotatable bonds is 8. The molecule has 2 rings (SSSR count). The first-order valence-electron chi connectivity index (χ1n) is 8.87. The first kappa shape index (κ1) is 21.2. The fraction of sp³-hybridized carbons (Fsp3) is 0.474. The number of imide groups is 2. The summed E-state index contributed by atoms with van der Waals surface area (Å²) in [6.45, 7) is 3.58. The van der Waals surface area contributed by atoms with Crippen LogP contribution in [0.5, 0.6) is 11.5 Å². The fourth-order valence-corrected chi connectivity index (χ4v) is 2.90. The van der Waals surface area contributed by atoms with Gasteiger partial charge >= 0.3 is 17.8 Å². The number of carbonyl (C=O) groups excluding carboxylic acids is 4. The van der Waals surface area contributed by atoms with E-state index in [1.54, 1.807) is 33.2 Å². The molecule has 1 aliphatic rings. The number of carbonyl (C=O) groups is 4. The van der Waals surface area contributed by atoms with Crippen LogP contribution in [0.25, 0.3) is 0 Å². The highest BCUT2D eigenvalue weighted by Crippen LogP contribution is 2.30. The van der Waals surface area contributed by atoms with Crippen LogP contribution < -0.4 is 9.47 Å². The van der Waals surface area contributed by atoms with Crippen LogP contribution in [0.4, 0.5) is 4.79 Å². The van der Waals surface area contributed by atoms with Crippen molar-refractivity contribution >= 4 is 23.8 Å². The maximum atomic E-state index is 12.5.